The highest BCUT2D eigenvalue weighted by Gasteiger charge is 2.26. The second-order valence-electron chi connectivity index (χ2n) is 6.76. The molecule has 0 spiro atoms. The molecule has 0 atom stereocenters. The molecule has 118 valence electrons. The van der Waals surface area contributed by atoms with Crippen LogP contribution in [0.2, 0.25) is 0 Å². The average molecular weight is 291 g/mol. The molecule has 0 aromatic rings. The van der Waals surface area contributed by atoms with Crippen molar-refractivity contribution < 1.29 is 4.74 Å². The number of hydrogen-bond donors (Lipinski definition) is 0. The van der Waals surface area contributed by atoms with E-state index in [2.05, 4.69) is 20.9 Å². The van der Waals surface area contributed by atoms with Gasteiger partial charge in [-0.1, -0.05) is 19.3 Å². The van der Waals surface area contributed by atoms with E-state index in [1.807, 2.05) is 0 Å². The monoisotopic (exact) mass is 291 g/mol. The number of morpholine rings is 1. The van der Waals surface area contributed by atoms with E-state index in [1.54, 1.807) is 0 Å². The van der Waals surface area contributed by atoms with Crippen molar-refractivity contribution in [3.63, 3.8) is 0 Å². The van der Waals surface area contributed by atoms with E-state index in [-0.39, 0.29) is 0 Å². The van der Waals surface area contributed by atoms with Crippen molar-refractivity contribution in [1.29, 1.82) is 0 Å². The Kier molecular flexibility index (Phi) is 5.84. The maximum Gasteiger partial charge on any atom is 0.0898 e. The Labute approximate surface area is 128 Å². The second-order valence-corrected chi connectivity index (χ2v) is 6.76. The van der Waals surface area contributed by atoms with E-state index < -0.39 is 0 Å². The molecule has 0 bridgehead atoms. The molecule has 4 heteroatoms. The summed E-state index contributed by atoms with van der Waals surface area (Å²) in [6.07, 6.45) is 11.5. The molecule has 0 amide bonds. The predicted molar refractivity (Wildman–Crippen MR) is 85.2 cm³/mol. The zero-order valence-electron chi connectivity index (χ0n) is 13.2. The van der Waals surface area contributed by atoms with Crippen LogP contribution in [0.5, 0.6) is 0 Å². The van der Waals surface area contributed by atoms with Crippen LogP contribution in [-0.2, 0) is 4.74 Å². The molecule has 0 aromatic carbocycles. The topological polar surface area (TPSA) is 37.2 Å². The van der Waals surface area contributed by atoms with Crippen LogP contribution in [-0.4, -0.2) is 55.3 Å². The van der Waals surface area contributed by atoms with E-state index >= 15 is 0 Å². The summed E-state index contributed by atoms with van der Waals surface area (Å²) in [7, 11) is 0. The summed E-state index contributed by atoms with van der Waals surface area (Å²) in [4.78, 5) is 11.8. The zero-order chi connectivity index (χ0) is 14.3. The fourth-order valence-corrected chi connectivity index (χ4v) is 3.90. The van der Waals surface area contributed by atoms with Crippen LogP contribution in [0.4, 0.5) is 0 Å². The van der Waals surface area contributed by atoms with E-state index in [4.69, 9.17) is 4.74 Å². The Bertz CT molecular complexity index is 358. The normalized spacial score (nSPS) is 32.4. The van der Waals surface area contributed by atoms with Gasteiger partial charge in [0, 0.05) is 19.1 Å². The highest BCUT2D eigenvalue weighted by Crippen LogP contribution is 2.25. The van der Waals surface area contributed by atoms with Crippen LogP contribution in [0.15, 0.2) is 9.98 Å². The molecule has 0 aromatic heterocycles. The SMILES string of the molecule is C(=NC1CCCCC1)=NC1CCC(N2CCOCC2)CC1. The Hall–Kier alpha value is -0.700. The molecule has 1 saturated heterocycles. The van der Waals surface area contributed by atoms with Gasteiger partial charge < -0.3 is 4.74 Å². The fourth-order valence-electron chi connectivity index (χ4n) is 3.90. The van der Waals surface area contributed by atoms with Gasteiger partial charge in [-0.2, -0.15) is 0 Å². The van der Waals surface area contributed by atoms with Gasteiger partial charge in [0.05, 0.1) is 31.3 Å². The summed E-state index contributed by atoms with van der Waals surface area (Å²) >= 11 is 0. The molecule has 0 radical (unpaired) electrons. The number of hydrogen-bond acceptors (Lipinski definition) is 4. The Balaban J connectivity index is 1.41. The van der Waals surface area contributed by atoms with Gasteiger partial charge in [-0.25, -0.2) is 9.98 Å². The number of ether oxygens (including phenoxy) is 1. The van der Waals surface area contributed by atoms with Crippen LogP contribution in [0.1, 0.15) is 57.8 Å². The van der Waals surface area contributed by atoms with Crippen molar-refractivity contribution in [1.82, 2.24) is 4.90 Å². The van der Waals surface area contributed by atoms with Gasteiger partial charge in [-0.15, -0.1) is 0 Å². The van der Waals surface area contributed by atoms with Crippen LogP contribution >= 0.6 is 0 Å². The molecule has 1 aliphatic heterocycles. The van der Waals surface area contributed by atoms with Gasteiger partial charge in [-0.05, 0) is 38.5 Å². The minimum absolute atomic E-state index is 0.467. The van der Waals surface area contributed by atoms with Crippen molar-refractivity contribution in [3.8, 4) is 0 Å². The van der Waals surface area contributed by atoms with Crippen molar-refractivity contribution in [2.24, 2.45) is 9.98 Å². The first-order valence-electron chi connectivity index (χ1n) is 8.88. The van der Waals surface area contributed by atoms with Gasteiger partial charge >= 0.3 is 0 Å². The van der Waals surface area contributed by atoms with E-state index in [1.165, 1.54) is 57.8 Å². The molecule has 1 heterocycles. The molecular formula is C17H29N3O. The Morgan fingerprint density at radius 2 is 1.38 bits per heavy atom. The lowest BCUT2D eigenvalue weighted by molar-refractivity contribution is 0.00756. The minimum atomic E-state index is 0.467. The van der Waals surface area contributed by atoms with Crippen LogP contribution < -0.4 is 0 Å². The van der Waals surface area contributed by atoms with Crippen molar-refractivity contribution in [2.45, 2.75) is 75.9 Å². The highest BCUT2D eigenvalue weighted by molar-refractivity contribution is 5.42. The standard InChI is InChI=1S/C17H29N3O/c1-2-4-15(5-3-1)18-14-19-16-6-8-17(9-7-16)20-10-12-21-13-11-20/h15-17H,1-13H2. The van der Waals surface area contributed by atoms with Gasteiger partial charge in [0.15, 0.2) is 0 Å². The molecule has 3 fully saturated rings. The first-order chi connectivity index (χ1) is 10.4. The third-order valence-corrected chi connectivity index (χ3v) is 5.28. The average Bonchev–Trinajstić information content (AvgIpc) is 2.57. The molecule has 21 heavy (non-hydrogen) atoms. The lowest BCUT2D eigenvalue weighted by Gasteiger charge is -2.37. The van der Waals surface area contributed by atoms with E-state index in [0.717, 1.165) is 32.3 Å². The van der Waals surface area contributed by atoms with Crippen molar-refractivity contribution in [3.05, 3.63) is 0 Å². The first kappa shape index (κ1) is 15.2. The third-order valence-electron chi connectivity index (χ3n) is 5.28. The largest absolute Gasteiger partial charge is 0.379 e. The van der Waals surface area contributed by atoms with Crippen LogP contribution in [0.25, 0.3) is 0 Å². The first-order valence-corrected chi connectivity index (χ1v) is 8.88. The third kappa shape index (κ3) is 4.64. The second kappa shape index (κ2) is 8.07. The van der Waals surface area contributed by atoms with Crippen molar-refractivity contribution >= 4 is 6.01 Å². The van der Waals surface area contributed by atoms with Gasteiger partial charge in [-0.3, -0.25) is 4.90 Å². The maximum atomic E-state index is 5.44. The minimum Gasteiger partial charge on any atom is -0.379 e. The molecule has 0 unspecified atom stereocenters. The van der Waals surface area contributed by atoms with Crippen LogP contribution in [0, 0.1) is 0 Å². The number of nitrogens with zero attached hydrogens (tertiary/aromatic N) is 3. The van der Waals surface area contributed by atoms with Gasteiger partial charge in [0.25, 0.3) is 0 Å². The molecular weight excluding hydrogens is 262 g/mol. The lowest BCUT2D eigenvalue weighted by atomic mass is 9.90. The maximum absolute atomic E-state index is 5.44. The number of rotatable bonds is 3. The molecule has 2 aliphatic carbocycles. The van der Waals surface area contributed by atoms with E-state index in [0.29, 0.717) is 12.1 Å². The van der Waals surface area contributed by atoms with Gasteiger partial charge in [0.2, 0.25) is 0 Å². The molecule has 4 nitrogen and oxygen atoms in total. The lowest BCUT2D eigenvalue weighted by Crippen LogP contribution is -2.45. The summed E-state index contributed by atoms with van der Waals surface area (Å²) in [6.45, 7) is 4.04. The molecule has 3 rings (SSSR count). The van der Waals surface area contributed by atoms with Crippen LogP contribution in [0.3, 0.4) is 0 Å². The summed E-state index contributed by atoms with van der Waals surface area (Å²) in [6, 6.07) is 4.77. The summed E-state index contributed by atoms with van der Waals surface area (Å²) in [5.74, 6) is 0. The predicted octanol–water partition coefficient (Wildman–Crippen LogP) is 3.14. The smallest absolute Gasteiger partial charge is 0.0898 e. The summed E-state index contributed by atoms with van der Waals surface area (Å²) < 4.78 is 5.44. The Morgan fingerprint density at radius 3 is 2.05 bits per heavy atom. The van der Waals surface area contributed by atoms with Gasteiger partial charge in [0.1, 0.15) is 0 Å². The number of aliphatic imine (C=N–C) groups is 2. The molecule has 0 N–H and O–H groups in total. The highest BCUT2D eigenvalue weighted by atomic mass is 16.5. The quantitative estimate of drug-likeness (QED) is 0.749. The van der Waals surface area contributed by atoms with Crippen molar-refractivity contribution in [2.75, 3.05) is 26.3 Å². The molecule has 3 aliphatic rings. The summed E-state index contributed by atoms with van der Waals surface area (Å²) in [5, 5.41) is 0. The fraction of sp³-hybridized carbons (Fsp3) is 0.941. The Morgan fingerprint density at radius 1 is 0.762 bits per heavy atom. The van der Waals surface area contributed by atoms with E-state index in [9.17, 15) is 0 Å². The molecule has 2 saturated carbocycles. The zero-order valence-corrected chi connectivity index (χ0v) is 13.2. The summed E-state index contributed by atoms with van der Waals surface area (Å²) in [5.41, 5.74) is 0.